The van der Waals surface area contributed by atoms with Crippen LogP contribution in [0.4, 0.5) is 5.69 Å². The lowest BCUT2D eigenvalue weighted by atomic mass is 10.3. The van der Waals surface area contributed by atoms with Gasteiger partial charge in [-0.05, 0) is 38.2 Å². The number of benzene rings is 1. The van der Waals surface area contributed by atoms with E-state index < -0.39 is 0 Å². The van der Waals surface area contributed by atoms with Gasteiger partial charge in [0, 0.05) is 24.3 Å². The van der Waals surface area contributed by atoms with Crippen molar-refractivity contribution in [2.45, 2.75) is 13.0 Å². The number of anilines is 1. The summed E-state index contributed by atoms with van der Waals surface area (Å²) in [6, 6.07) is 10.2. The molecule has 1 heterocycles. The molecular formula is C17H21N3O4. The molecule has 1 atom stereocenters. The summed E-state index contributed by atoms with van der Waals surface area (Å²) < 4.78 is 10.5. The number of hydrogen-bond donors (Lipinski definition) is 3. The molecule has 1 unspecified atom stereocenters. The van der Waals surface area contributed by atoms with Gasteiger partial charge in [0.2, 0.25) is 0 Å². The molecule has 0 spiro atoms. The first kappa shape index (κ1) is 17.6. The van der Waals surface area contributed by atoms with Crippen LogP contribution in [0.3, 0.4) is 0 Å². The van der Waals surface area contributed by atoms with Crippen LogP contribution >= 0.6 is 0 Å². The SMILES string of the molecule is CNC(C)CNC(=O)COc1cccc(NC(=O)c2ccco2)c1. The van der Waals surface area contributed by atoms with Gasteiger partial charge in [-0.15, -0.1) is 0 Å². The van der Waals surface area contributed by atoms with Crippen LogP contribution in [0, 0.1) is 0 Å². The molecule has 7 heteroatoms. The Balaban J connectivity index is 1.84. The van der Waals surface area contributed by atoms with E-state index in [4.69, 9.17) is 9.15 Å². The second-order valence-corrected chi connectivity index (χ2v) is 5.24. The highest BCUT2D eigenvalue weighted by Gasteiger charge is 2.09. The molecular weight excluding hydrogens is 310 g/mol. The van der Waals surface area contributed by atoms with Crippen molar-refractivity contribution in [2.75, 3.05) is 25.5 Å². The van der Waals surface area contributed by atoms with Gasteiger partial charge in [0.1, 0.15) is 5.75 Å². The quantitative estimate of drug-likeness (QED) is 0.684. The molecule has 128 valence electrons. The van der Waals surface area contributed by atoms with E-state index in [1.807, 2.05) is 14.0 Å². The molecule has 0 bridgehead atoms. The summed E-state index contributed by atoms with van der Waals surface area (Å²) in [6.45, 7) is 2.40. The van der Waals surface area contributed by atoms with Crippen LogP contribution < -0.4 is 20.7 Å². The molecule has 0 radical (unpaired) electrons. The van der Waals surface area contributed by atoms with Gasteiger partial charge in [0.05, 0.1) is 6.26 Å². The van der Waals surface area contributed by atoms with Crippen LogP contribution in [0.15, 0.2) is 47.1 Å². The Hall–Kier alpha value is -2.80. The Bertz CT molecular complexity index is 670. The van der Waals surface area contributed by atoms with Crippen molar-refractivity contribution in [3.05, 3.63) is 48.4 Å². The Morgan fingerprint density at radius 2 is 2.08 bits per heavy atom. The maximum atomic E-state index is 11.9. The van der Waals surface area contributed by atoms with Gasteiger partial charge >= 0.3 is 0 Å². The minimum absolute atomic E-state index is 0.0913. The van der Waals surface area contributed by atoms with Crippen molar-refractivity contribution in [3.63, 3.8) is 0 Å². The van der Waals surface area contributed by atoms with Crippen molar-refractivity contribution >= 4 is 17.5 Å². The zero-order valence-electron chi connectivity index (χ0n) is 13.7. The van der Waals surface area contributed by atoms with Gasteiger partial charge in [0.15, 0.2) is 12.4 Å². The summed E-state index contributed by atoms with van der Waals surface area (Å²) in [5.74, 6) is 0.154. The van der Waals surface area contributed by atoms with Crippen molar-refractivity contribution in [1.82, 2.24) is 10.6 Å². The topological polar surface area (TPSA) is 92.6 Å². The lowest BCUT2D eigenvalue weighted by molar-refractivity contribution is -0.123. The van der Waals surface area contributed by atoms with E-state index in [1.165, 1.54) is 6.26 Å². The fraction of sp³-hybridized carbons (Fsp3) is 0.294. The van der Waals surface area contributed by atoms with E-state index in [-0.39, 0.29) is 30.2 Å². The second-order valence-electron chi connectivity index (χ2n) is 5.24. The molecule has 0 aliphatic rings. The molecule has 24 heavy (non-hydrogen) atoms. The fourth-order valence-corrected chi connectivity index (χ4v) is 1.83. The maximum Gasteiger partial charge on any atom is 0.291 e. The zero-order chi connectivity index (χ0) is 17.4. The molecule has 0 saturated carbocycles. The van der Waals surface area contributed by atoms with Gasteiger partial charge < -0.3 is 25.1 Å². The standard InChI is InChI=1S/C17H21N3O4/c1-12(18-2)10-19-16(21)11-24-14-6-3-5-13(9-14)20-17(22)15-7-4-8-23-15/h3-9,12,18H,10-11H2,1-2H3,(H,19,21)(H,20,22). The molecule has 0 aliphatic heterocycles. The Morgan fingerprint density at radius 1 is 1.25 bits per heavy atom. The molecule has 1 aromatic carbocycles. The molecule has 2 rings (SSSR count). The molecule has 2 amide bonds. The van der Waals surface area contributed by atoms with Crippen LogP contribution in [0.2, 0.25) is 0 Å². The average molecular weight is 331 g/mol. The lowest BCUT2D eigenvalue weighted by Gasteiger charge is -2.12. The van der Waals surface area contributed by atoms with Gasteiger partial charge in [0.25, 0.3) is 11.8 Å². The average Bonchev–Trinajstić information content (AvgIpc) is 3.13. The number of carbonyl (C=O) groups excluding carboxylic acids is 2. The third-order valence-electron chi connectivity index (χ3n) is 3.31. The number of carbonyl (C=O) groups is 2. The van der Waals surface area contributed by atoms with E-state index in [9.17, 15) is 9.59 Å². The second kappa shape index (κ2) is 8.73. The highest BCUT2D eigenvalue weighted by Crippen LogP contribution is 2.18. The van der Waals surface area contributed by atoms with Crippen molar-refractivity contribution in [2.24, 2.45) is 0 Å². The predicted molar refractivity (Wildman–Crippen MR) is 90.1 cm³/mol. The summed E-state index contributed by atoms with van der Waals surface area (Å²) in [7, 11) is 1.83. The summed E-state index contributed by atoms with van der Waals surface area (Å²) in [6.07, 6.45) is 1.43. The Kier molecular flexibility index (Phi) is 6.39. The van der Waals surface area contributed by atoms with Gasteiger partial charge in [-0.2, -0.15) is 0 Å². The number of likely N-dealkylation sites (N-methyl/N-ethyl adjacent to an activating group) is 1. The van der Waals surface area contributed by atoms with E-state index >= 15 is 0 Å². The smallest absolute Gasteiger partial charge is 0.291 e. The summed E-state index contributed by atoms with van der Waals surface area (Å²) in [5, 5.41) is 8.49. The minimum atomic E-state index is -0.351. The number of ether oxygens (including phenoxy) is 1. The predicted octanol–water partition coefficient (Wildman–Crippen LogP) is 1.63. The molecule has 0 aliphatic carbocycles. The van der Waals surface area contributed by atoms with Crippen molar-refractivity contribution in [1.29, 1.82) is 0 Å². The number of amides is 2. The van der Waals surface area contributed by atoms with Gasteiger partial charge in [-0.25, -0.2) is 0 Å². The fourth-order valence-electron chi connectivity index (χ4n) is 1.83. The van der Waals surface area contributed by atoms with E-state index in [2.05, 4.69) is 16.0 Å². The third kappa shape index (κ3) is 5.44. The number of furan rings is 1. The monoisotopic (exact) mass is 331 g/mol. The van der Waals surface area contributed by atoms with Crippen LogP contribution in [0.1, 0.15) is 17.5 Å². The highest BCUT2D eigenvalue weighted by atomic mass is 16.5. The van der Waals surface area contributed by atoms with E-state index in [1.54, 1.807) is 36.4 Å². The van der Waals surface area contributed by atoms with Crippen LogP contribution in [-0.2, 0) is 4.79 Å². The lowest BCUT2D eigenvalue weighted by Crippen LogP contribution is -2.39. The first-order chi connectivity index (χ1) is 11.6. The number of nitrogens with one attached hydrogen (secondary N) is 3. The Labute approximate surface area is 140 Å². The summed E-state index contributed by atoms with van der Waals surface area (Å²) in [5.41, 5.74) is 0.554. The first-order valence-electron chi connectivity index (χ1n) is 7.60. The summed E-state index contributed by atoms with van der Waals surface area (Å²) >= 11 is 0. The van der Waals surface area contributed by atoms with Gasteiger partial charge in [-0.3, -0.25) is 9.59 Å². The molecule has 2 aromatic rings. The summed E-state index contributed by atoms with van der Waals surface area (Å²) in [4.78, 5) is 23.6. The molecule has 0 saturated heterocycles. The normalized spacial score (nSPS) is 11.6. The van der Waals surface area contributed by atoms with Crippen LogP contribution in [0.25, 0.3) is 0 Å². The van der Waals surface area contributed by atoms with Crippen LogP contribution in [0.5, 0.6) is 5.75 Å². The maximum absolute atomic E-state index is 11.9. The molecule has 0 fully saturated rings. The van der Waals surface area contributed by atoms with E-state index in [0.717, 1.165) is 0 Å². The molecule has 3 N–H and O–H groups in total. The Morgan fingerprint density at radius 3 is 2.79 bits per heavy atom. The van der Waals surface area contributed by atoms with E-state index in [0.29, 0.717) is 18.0 Å². The third-order valence-corrected chi connectivity index (χ3v) is 3.31. The zero-order valence-corrected chi connectivity index (χ0v) is 13.7. The highest BCUT2D eigenvalue weighted by molar-refractivity contribution is 6.02. The largest absolute Gasteiger partial charge is 0.484 e. The number of hydrogen-bond acceptors (Lipinski definition) is 5. The van der Waals surface area contributed by atoms with Crippen molar-refractivity contribution < 1.29 is 18.7 Å². The molecule has 1 aromatic heterocycles. The first-order valence-corrected chi connectivity index (χ1v) is 7.60. The molecule has 7 nitrogen and oxygen atoms in total. The van der Waals surface area contributed by atoms with Crippen molar-refractivity contribution in [3.8, 4) is 5.75 Å². The minimum Gasteiger partial charge on any atom is -0.484 e. The van der Waals surface area contributed by atoms with Gasteiger partial charge in [-0.1, -0.05) is 6.07 Å². The van der Waals surface area contributed by atoms with Crippen LogP contribution in [-0.4, -0.2) is 38.1 Å². The number of rotatable bonds is 8.